The van der Waals surface area contributed by atoms with Gasteiger partial charge in [0.25, 0.3) is 0 Å². The highest BCUT2D eigenvalue weighted by Gasteiger charge is 2.25. The van der Waals surface area contributed by atoms with E-state index in [1.807, 2.05) is 6.07 Å². The summed E-state index contributed by atoms with van der Waals surface area (Å²) in [7, 11) is 1.76. The number of nitro groups is 1. The minimum atomic E-state index is -0.445. The first-order chi connectivity index (χ1) is 9.65. The Balaban J connectivity index is 1.80. The molecule has 0 amide bonds. The van der Waals surface area contributed by atoms with E-state index in [2.05, 4.69) is 28.5 Å². The summed E-state index contributed by atoms with van der Waals surface area (Å²) in [5.41, 5.74) is 2.70. The van der Waals surface area contributed by atoms with Crippen LogP contribution in [0.1, 0.15) is 17.5 Å². The number of hydrogen-bond acceptors (Lipinski definition) is 4. The predicted molar refractivity (Wildman–Crippen MR) is 75.7 cm³/mol. The van der Waals surface area contributed by atoms with E-state index >= 15 is 0 Å². The number of rotatable bonds is 3. The summed E-state index contributed by atoms with van der Waals surface area (Å²) < 4.78 is 1.67. The van der Waals surface area contributed by atoms with Crippen LogP contribution in [0, 0.1) is 10.1 Å². The largest absolute Gasteiger partial charge is 0.406 e. The fourth-order valence-corrected chi connectivity index (χ4v) is 2.73. The van der Waals surface area contributed by atoms with Crippen molar-refractivity contribution >= 4 is 11.6 Å². The Morgan fingerprint density at radius 1 is 1.40 bits per heavy atom. The Morgan fingerprint density at radius 2 is 2.15 bits per heavy atom. The number of imidazole rings is 1. The van der Waals surface area contributed by atoms with Crippen LogP contribution in [0.3, 0.4) is 0 Å². The quantitative estimate of drug-likeness (QED) is 0.687. The molecule has 1 unspecified atom stereocenters. The van der Waals surface area contributed by atoms with Gasteiger partial charge in [0, 0.05) is 13.1 Å². The van der Waals surface area contributed by atoms with Gasteiger partial charge in [-0.15, -0.1) is 0 Å². The average molecular weight is 272 g/mol. The second-order valence-corrected chi connectivity index (χ2v) is 5.14. The molecule has 0 bridgehead atoms. The number of hydrogen-bond donors (Lipinski definition) is 1. The summed E-state index contributed by atoms with van der Waals surface area (Å²) in [5.74, 6) is 0.380. The van der Waals surface area contributed by atoms with Gasteiger partial charge >= 0.3 is 5.82 Å². The molecule has 104 valence electrons. The number of nitrogens with zero attached hydrogens (tertiary/aromatic N) is 3. The summed E-state index contributed by atoms with van der Waals surface area (Å²) >= 11 is 0. The second-order valence-electron chi connectivity index (χ2n) is 5.14. The molecule has 1 N–H and O–H groups in total. The topological polar surface area (TPSA) is 73.0 Å². The normalized spacial score (nSPS) is 17.6. The van der Waals surface area contributed by atoms with E-state index < -0.39 is 4.92 Å². The minimum Gasteiger partial charge on any atom is -0.361 e. The van der Waals surface area contributed by atoms with E-state index in [4.69, 9.17) is 0 Å². The van der Waals surface area contributed by atoms with Gasteiger partial charge < -0.3 is 15.4 Å². The van der Waals surface area contributed by atoms with E-state index in [9.17, 15) is 10.1 Å². The first-order valence-corrected chi connectivity index (χ1v) is 6.64. The zero-order valence-electron chi connectivity index (χ0n) is 11.2. The van der Waals surface area contributed by atoms with Crippen molar-refractivity contribution in [3.63, 3.8) is 0 Å². The van der Waals surface area contributed by atoms with Crippen LogP contribution < -0.4 is 5.32 Å². The molecule has 20 heavy (non-hydrogen) atoms. The van der Waals surface area contributed by atoms with Crippen LogP contribution in [0.25, 0.3) is 0 Å². The van der Waals surface area contributed by atoms with E-state index in [1.165, 1.54) is 17.5 Å². The molecule has 3 rings (SSSR count). The number of anilines is 1. The van der Waals surface area contributed by atoms with Crippen LogP contribution in [-0.4, -0.2) is 20.5 Å². The van der Waals surface area contributed by atoms with E-state index in [0.717, 1.165) is 19.3 Å². The van der Waals surface area contributed by atoms with Gasteiger partial charge in [0.15, 0.2) is 0 Å². The van der Waals surface area contributed by atoms with Crippen LogP contribution in [-0.2, 0) is 19.9 Å². The summed E-state index contributed by atoms with van der Waals surface area (Å²) in [6.45, 7) is 0. The average Bonchev–Trinajstić information content (AvgIpc) is 2.80. The summed E-state index contributed by atoms with van der Waals surface area (Å²) in [4.78, 5) is 14.3. The van der Waals surface area contributed by atoms with Gasteiger partial charge in [-0.25, -0.2) is 0 Å². The Labute approximate surface area is 116 Å². The maximum atomic E-state index is 11.0. The lowest BCUT2D eigenvalue weighted by atomic mass is 9.88. The molecule has 0 spiro atoms. The molecule has 6 nitrogen and oxygen atoms in total. The molecule has 1 aliphatic carbocycles. The van der Waals surface area contributed by atoms with Crippen molar-refractivity contribution in [2.75, 3.05) is 5.32 Å². The SMILES string of the molecule is Cn1cnc([N+](=O)[O-])c1NC1CCc2ccccc2C1. The molecule has 2 aromatic rings. The van der Waals surface area contributed by atoms with Crippen molar-refractivity contribution in [3.8, 4) is 0 Å². The Hall–Kier alpha value is -2.37. The van der Waals surface area contributed by atoms with Crippen LogP contribution in [0.2, 0.25) is 0 Å². The van der Waals surface area contributed by atoms with Crippen molar-refractivity contribution < 1.29 is 4.92 Å². The molecule has 6 heteroatoms. The lowest BCUT2D eigenvalue weighted by Crippen LogP contribution is -2.28. The fourth-order valence-electron chi connectivity index (χ4n) is 2.73. The Kier molecular flexibility index (Phi) is 3.14. The highest BCUT2D eigenvalue weighted by Crippen LogP contribution is 2.27. The molecular formula is C14H16N4O2. The van der Waals surface area contributed by atoms with Crippen LogP contribution >= 0.6 is 0 Å². The zero-order valence-corrected chi connectivity index (χ0v) is 11.2. The van der Waals surface area contributed by atoms with E-state index in [0.29, 0.717) is 5.82 Å². The first kappa shape index (κ1) is 12.7. The predicted octanol–water partition coefficient (Wildman–Crippen LogP) is 2.30. The molecule has 0 saturated carbocycles. The molecule has 1 atom stereocenters. The van der Waals surface area contributed by atoms with Crippen molar-refractivity contribution in [1.82, 2.24) is 9.55 Å². The molecule has 0 fully saturated rings. The highest BCUT2D eigenvalue weighted by molar-refractivity contribution is 5.53. The van der Waals surface area contributed by atoms with E-state index in [-0.39, 0.29) is 11.9 Å². The molecule has 1 aromatic carbocycles. The number of benzene rings is 1. The maximum Gasteiger partial charge on any atom is 0.406 e. The number of aryl methyl sites for hydroxylation is 2. The molecule has 0 radical (unpaired) electrons. The van der Waals surface area contributed by atoms with Crippen LogP contribution in [0.5, 0.6) is 0 Å². The van der Waals surface area contributed by atoms with Crippen LogP contribution in [0.15, 0.2) is 30.6 Å². The van der Waals surface area contributed by atoms with Gasteiger partial charge in [-0.2, -0.15) is 0 Å². The lowest BCUT2D eigenvalue weighted by molar-refractivity contribution is -0.388. The molecule has 0 aliphatic heterocycles. The van der Waals surface area contributed by atoms with Gasteiger partial charge in [0.05, 0.1) is 0 Å². The minimum absolute atomic E-state index is 0.105. The standard InChI is InChI=1S/C14H16N4O2/c1-17-9-15-13(18(19)20)14(17)16-12-7-6-10-4-2-3-5-11(10)8-12/h2-5,9,12,16H,6-8H2,1H3. The summed E-state index contributed by atoms with van der Waals surface area (Å²) in [6, 6.07) is 8.57. The molecule has 0 saturated heterocycles. The van der Waals surface area contributed by atoms with Crippen molar-refractivity contribution in [3.05, 3.63) is 51.8 Å². The monoisotopic (exact) mass is 272 g/mol. The smallest absolute Gasteiger partial charge is 0.361 e. The molecule has 1 heterocycles. The molecule has 1 aliphatic rings. The fraction of sp³-hybridized carbons (Fsp3) is 0.357. The van der Waals surface area contributed by atoms with Gasteiger partial charge in [-0.3, -0.25) is 4.57 Å². The summed E-state index contributed by atoms with van der Waals surface area (Å²) in [6.07, 6.45) is 4.33. The van der Waals surface area contributed by atoms with Gasteiger partial charge in [-0.1, -0.05) is 24.3 Å². The van der Waals surface area contributed by atoms with Gasteiger partial charge in [-0.05, 0) is 40.3 Å². The third-order valence-corrected chi connectivity index (χ3v) is 3.78. The third kappa shape index (κ3) is 2.24. The number of aromatic nitrogens is 2. The van der Waals surface area contributed by atoms with Crippen LogP contribution in [0.4, 0.5) is 11.6 Å². The van der Waals surface area contributed by atoms with E-state index in [1.54, 1.807) is 11.6 Å². The van der Waals surface area contributed by atoms with Crippen molar-refractivity contribution in [1.29, 1.82) is 0 Å². The lowest BCUT2D eigenvalue weighted by Gasteiger charge is -2.25. The van der Waals surface area contributed by atoms with Gasteiger partial charge in [0.1, 0.15) is 0 Å². The van der Waals surface area contributed by atoms with Crippen molar-refractivity contribution in [2.45, 2.75) is 25.3 Å². The Morgan fingerprint density at radius 3 is 2.90 bits per heavy atom. The Bertz CT molecular complexity index is 650. The number of fused-ring (bicyclic) bond motifs is 1. The zero-order chi connectivity index (χ0) is 14.1. The third-order valence-electron chi connectivity index (χ3n) is 3.78. The molecule has 1 aromatic heterocycles. The first-order valence-electron chi connectivity index (χ1n) is 6.64. The molecular weight excluding hydrogens is 256 g/mol. The van der Waals surface area contributed by atoms with Gasteiger partial charge in [0.2, 0.25) is 12.1 Å². The highest BCUT2D eigenvalue weighted by atomic mass is 16.6. The summed E-state index contributed by atoms with van der Waals surface area (Å²) in [5, 5.41) is 14.2. The number of nitrogens with one attached hydrogen (secondary N) is 1. The van der Waals surface area contributed by atoms with Crippen molar-refractivity contribution in [2.24, 2.45) is 7.05 Å². The second kappa shape index (κ2) is 4.96. The maximum absolute atomic E-state index is 11.0.